The van der Waals surface area contributed by atoms with Gasteiger partial charge in [0.2, 0.25) is 0 Å². The van der Waals surface area contributed by atoms with E-state index in [1.165, 1.54) is 10.5 Å². The van der Waals surface area contributed by atoms with E-state index in [4.69, 9.17) is 10.5 Å². The number of ether oxygens (including phenoxy) is 1. The Hall–Kier alpha value is -2.26. The summed E-state index contributed by atoms with van der Waals surface area (Å²) in [6.07, 6.45) is 1.63. The summed E-state index contributed by atoms with van der Waals surface area (Å²) in [5, 5.41) is 0.309. The van der Waals surface area contributed by atoms with Crippen LogP contribution in [0.25, 0.3) is 5.65 Å². The summed E-state index contributed by atoms with van der Waals surface area (Å²) < 4.78 is 11.4. The second-order valence-electron chi connectivity index (χ2n) is 4.74. The van der Waals surface area contributed by atoms with Gasteiger partial charge in [0.1, 0.15) is 22.8 Å². The SMILES string of the molecule is Cc1nsc(N)c1C(=O)OCc1cc(=O)n2cc(Br)ccc2n1. The molecule has 0 bridgehead atoms. The van der Waals surface area contributed by atoms with Gasteiger partial charge in [-0.2, -0.15) is 4.37 Å². The molecule has 3 rings (SSSR count). The first-order chi connectivity index (χ1) is 11.0. The van der Waals surface area contributed by atoms with E-state index in [0.29, 0.717) is 22.0 Å². The Morgan fingerprint density at radius 1 is 1.48 bits per heavy atom. The second-order valence-corrected chi connectivity index (χ2v) is 6.47. The summed E-state index contributed by atoms with van der Waals surface area (Å²) in [6, 6.07) is 4.80. The van der Waals surface area contributed by atoms with Crippen LogP contribution in [0, 0.1) is 6.92 Å². The lowest BCUT2D eigenvalue weighted by Crippen LogP contribution is -2.17. The second kappa shape index (κ2) is 6.09. The van der Waals surface area contributed by atoms with Crippen molar-refractivity contribution in [3.05, 3.63) is 56.2 Å². The molecular formula is C14H11BrN4O3S. The molecule has 0 aliphatic carbocycles. The van der Waals surface area contributed by atoms with Gasteiger partial charge < -0.3 is 10.5 Å². The minimum atomic E-state index is -0.577. The molecule has 2 N–H and O–H groups in total. The minimum absolute atomic E-state index is 0.116. The summed E-state index contributed by atoms with van der Waals surface area (Å²) in [6.45, 7) is 1.57. The first-order valence-electron chi connectivity index (χ1n) is 6.52. The van der Waals surface area contributed by atoms with Gasteiger partial charge in [-0.1, -0.05) is 0 Å². The van der Waals surface area contributed by atoms with Gasteiger partial charge in [-0.25, -0.2) is 9.78 Å². The van der Waals surface area contributed by atoms with E-state index in [0.717, 1.165) is 16.0 Å². The molecule has 3 heterocycles. The lowest BCUT2D eigenvalue weighted by atomic mass is 10.2. The first-order valence-corrected chi connectivity index (χ1v) is 8.09. The van der Waals surface area contributed by atoms with Crippen LogP contribution in [0.1, 0.15) is 21.7 Å². The number of nitrogens with zero attached hydrogens (tertiary/aromatic N) is 3. The van der Waals surface area contributed by atoms with Crippen molar-refractivity contribution < 1.29 is 9.53 Å². The number of esters is 1. The minimum Gasteiger partial charge on any atom is -0.455 e. The number of rotatable bonds is 3. The van der Waals surface area contributed by atoms with Gasteiger partial charge in [-0.05, 0) is 46.5 Å². The van der Waals surface area contributed by atoms with Crippen LogP contribution in [0.3, 0.4) is 0 Å². The lowest BCUT2D eigenvalue weighted by Gasteiger charge is -2.06. The van der Waals surface area contributed by atoms with Gasteiger partial charge in [-0.15, -0.1) is 0 Å². The number of anilines is 1. The fourth-order valence-electron chi connectivity index (χ4n) is 2.05. The molecule has 0 atom stereocenters. The number of halogens is 1. The number of pyridine rings is 1. The number of hydrogen-bond donors (Lipinski definition) is 1. The maximum Gasteiger partial charge on any atom is 0.343 e. The molecule has 0 aromatic carbocycles. The van der Waals surface area contributed by atoms with Crippen molar-refractivity contribution in [2.75, 3.05) is 5.73 Å². The fraction of sp³-hybridized carbons (Fsp3) is 0.143. The van der Waals surface area contributed by atoms with Crippen LogP contribution in [-0.2, 0) is 11.3 Å². The van der Waals surface area contributed by atoms with E-state index in [2.05, 4.69) is 25.3 Å². The van der Waals surface area contributed by atoms with E-state index >= 15 is 0 Å². The maximum atomic E-state index is 12.1. The molecule has 7 nitrogen and oxygen atoms in total. The number of aryl methyl sites for hydroxylation is 1. The molecule has 0 amide bonds. The fourth-order valence-corrected chi connectivity index (χ4v) is 3.03. The molecule has 3 aromatic heterocycles. The summed E-state index contributed by atoms with van der Waals surface area (Å²) in [7, 11) is 0. The third-order valence-electron chi connectivity index (χ3n) is 3.12. The first kappa shape index (κ1) is 15.6. The highest BCUT2D eigenvalue weighted by atomic mass is 79.9. The number of hydrogen-bond acceptors (Lipinski definition) is 7. The number of nitrogen functional groups attached to an aromatic ring is 1. The van der Waals surface area contributed by atoms with Crippen molar-refractivity contribution in [2.45, 2.75) is 13.5 Å². The average molecular weight is 395 g/mol. The van der Waals surface area contributed by atoms with Crippen LogP contribution in [0.5, 0.6) is 0 Å². The van der Waals surface area contributed by atoms with Crippen LogP contribution in [0.2, 0.25) is 0 Å². The van der Waals surface area contributed by atoms with Crippen LogP contribution < -0.4 is 11.3 Å². The third kappa shape index (κ3) is 3.10. The molecule has 0 aliphatic rings. The summed E-state index contributed by atoms with van der Waals surface area (Å²) in [5.41, 5.74) is 7.07. The van der Waals surface area contributed by atoms with E-state index in [-0.39, 0.29) is 17.7 Å². The lowest BCUT2D eigenvalue weighted by molar-refractivity contribution is 0.0468. The van der Waals surface area contributed by atoms with Crippen molar-refractivity contribution in [3.8, 4) is 0 Å². The molecule has 0 saturated carbocycles. The molecule has 0 unspecified atom stereocenters. The molecule has 0 saturated heterocycles. The van der Waals surface area contributed by atoms with E-state index in [1.807, 2.05) is 0 Å². The summed E-state index contributed by atoms with van der Waals surface area (Å²) in [4.78, 5) is 28.4. The van der Waals surface area contributed by atoms with Gasteiger partial charge in [0.15, 0.2) is 0 Å². The number of nitrogens with two attached hydrogens (primary N) is 1. The van der Waals surface area contributed by atoms with Crippen molar-refractivity contribution >= 4 is 44.1 Å². The predicted octanol–water partition coefficient (Wildman–Crippen LogP) is 2.16. The molecule has 0 spiro atoms. The Labute approximate surface area is 143 Å². The van der Waals surface area contributed by atoms with Gasteiger partial charge in [0.05, 0.1) is 11.4 Å². The third-order valence-corrected chi connectivity index (χ3v) is 4.36. The van der Waals surface area contributed by atoms with Crippen LogP contribution in [-0.4, -0.2) is 19.7 Å². The zero-order chi connectivity index (χ0) is 16.6. The maximum absolute atomic E-state index is 12.1. The topological polar surface area (TPSA) is 99.6 Å². The molecule has 3 aromatic rings. The number of carbonyl (C=O) groups excluding carboxylic acids is 1. The highest BCUT2D eigenvalue weighted by molar-refractivity contribution is 9.10. The standard InChI is InChI=1S/C14H11BrN4O3S/c1-7-12(13(16)23-18-7)14(21)22-6-9-4-11(20)19-5-8(15)2-3-10(19)17-9/h2-5H,6,16H2,1H3. The number of aromatic nitrogens is 3. The van der Waals surface area contributed by atoms with Crippen molar-refractivity contribution in [3.63, 3.8) is 0 Å². The number of fused-ring (bicyclic) bond motifs is 1. The molecule has 23 heavy (non-hydrogen) atoms. The average Bonchev–Trinajstić information content (AvgIpc) is 2.85. The van der Waals surface area contributed by atoms with Crippen LogP contribution in [0.15, 0.2) is 33.7 Å². The van der Waals surface area contributed by atoms with Gasteiger partial charge in [0, 0.05) is 16.7 Å². The Morgan fingerprint density at radius 3 is 2.96 bits per heavy atom. The molecule has 118 valence electrons. The molecule has 0 fully saturated rings. The molecular weight excluding hydrogens is 384 g/mol. The zero-order valence-electron chi connectivity index (χ0n) is 11.9. The monoisotopic (exact) mass is 394 g/mol. The predicted molar refractivity (Wildman–Crippen MR) is 89.5 cm³/mol. The van der Waals surface area contributed by atoms with Gasteiger partial charge in [-0.3, -0.25) is 9.20 Å². The summed E-state index contributed by atoms with van der Waals surface area (Å²) >= 11 is 4.34. The largest absolute Gasteiger partial charge is 0.455 e. The van der Waals surface area contributed by atoms with E-state index in [9.17, 15) is 9.59 Å². The highest BCUT2D eigenvalue weighted by Crippen LogP contribution is 2.21. The van der Waals surface area contributed by atoms with E-state index < -0.39 is 5.97 Å². The zero-order valence-corrected chi connectivity index (χ0v) is 14.3. The van der Waals surface area contributed by atoms with Crippen molar-refractivity contribution in [1.82, 2.24) is 13.8 Å². The highest BCUT2D eigenvalue weighted by Gasteiger charge is 2.18. The normalized spacial score (nSPS) is 10.9. The molecule has 0 aliphatic heterocycles. The quantitative estimate of drug-likeness (QED) is 0.683. The smallest absolute Gasteiger partial charge is 0.343 e. The van der Waals surface area contributed by atoms with Crippen LogP contribution in [0.4, 0.5) is 5.00 Å². The molecule has 9 heteroatoms. The Bertz CT molecular complexity index is 947. The molecule has 0 radical (unpaired) electrons. The van der Waals surface area contributed by atoms with Gasteiger partial charge >= 0.3 is 5.97 Å². The Kier molecular flexibility index (Phi) is 4.14. The Balaban J connectivity index is 1.84. The number of carbonyl (C=O) groups is 1. The Morgan fingerprint density at radius 2 is 2.26 bits per heavy atom. The van der Waals surface area contributed by atoms with Crippen molar-refractivity contribution in [2.24, 2.45) is 0 Å². The van der Waals surface area contributed by atoms with Crippen molar-refractivity contribution in [1.29, 1.82) is 0 Å². The summed E-state index contributed by atoms with van der Waals surface area (Å²) in [5.74, 6) is -0.577. The van der Waals surface area contributed by atoms with Crippen LogP contribution >= 0.6 is 27.5 Å². The van der Waals surface area contributed by atoms with Gasteiger partial charge in [0.25, 0.3) is 5.56 Å². The van der Waals surface area contributed by atoms with E-state index in [1.54, 1.807) is 25.3 Å².